The molecule has 0 heterocycles. The van der Waals surface area contributed by atoms with Crippen LogP contribution in [0.4, 0.5) is 0 Å². The summed E-state index contributed by atoms with van der Waals surface area (Å²) >= 11 is 0. The Bertz CT molecular complexity index is 379. The third kappa shape index (κ3) is 4.82. The van der Waals surface area contributed by atoms with Gasteiger partial charge in [0.1, 0.15) is 5.75 Å². The molecule has 1 aliphatic rings. The molecule has 0 saturated heterocycles. The van der Waals surface area contributed by atoms with E-state index >= 15 is 0 Å². The molecule has 1 fully saturated rings. The molecule has 2 nitrogen and oxygen atoms in total. The summed E-state index contributed by atoms with van der Waals surface area (Å²) in [5.74, 6) is 2.78. The van der Waals surface area contributed by atoms with E-state index in [4.69, 9.17) is 4.74 Å². The highest BCUT2D eigenvalue weighted by Crippen LogP contribution is 2.27. The lowest BCUT2D eigenvalue weighted by molar-refractivity contribution is 0.275. The van der Waals surface area contributed by atoms with E-state index in [0.717, 1.165) is 24.0 Å². The number of nitrogens with one attached hydrogen (secondary N) is 1. The van der Waals surface area contributed by atoms with Crippen molar-refractivity contribution in [2.24, 2.45) is 11.8 Å². The van der Waals surface area contributed by atoms with Gasteiger partial charge >= 0.3 is 0 Å². The number of ether oxygens (including phenoxy) is 1. The zero-order chi connectivity index (χ0) is 14.4. The molecule has 0 aromatic heterocycles. The van der Waals surface area contributed by atoms with Gasteiger partial charge in [-0.1, -0.05) is 31.9 Å². The van der Waals surface area contributed by atoms with Crippen LogP contribution in [0.1, 0.15) is 45.1 Å². The van der Waals surface area contributed by atoms with Gasteiger partial charge in [-0.05, 0) is 62.3 Å². The predicted octanol–water partition coefficient (Wildman–Crippen LogP) is 4.04. The first-order valence-electron chi connectivity index (χ1n) is 8.03. The van der Waals surface area contributed by atoms with Gasteiger partial charge < -0.3 is 10.1 Å². The van der Waals surface area contributed by atoms with Crippen LogP contribution in [-0.4, -0.2) is 19.7 Å². The maximum atomic E-state index is 5.19. The van der Waals surface area contributed by atoms with Gasteiger partial charge in [-0.2, -0.15) is 0 Å². The first-order chi connectivity index (χ1) is 9.67. The Kier molecular flexibility index (Phi) is 5.90. The molecule has 1 unspecified atom stereocenters. The van der Waals surface area contributed by atoms with E-state index in [9.17, 15) is 0 Å². The van der Waals surface area contributed by atoms with E-state index in [2.05, 4.69) is 31.3 Å². The lowest BCUT2D eigenvalue weighted by atomic mass is 9.83. The Labute approximate surface area is 123 Å². The van der Waals surface area contributed by atoms with Crippen LogP contribution in [-0.2, 0) is 6.42 Å². The summed E-state index contributed by atoms with van der Waals surface area (Å²) in [6.45, 7) is 5.86. The van der Waals surface area contributed by atoms with Crippen molar-refractivity contribution >= 4 is 0 Å². The molecule has 0 radical (unpaired) electrons. The van der Waals surface area contributed by atoms with Crippen LogP contribution in [0.5, 0.6) is 5.75 Å². The van der Waals surface area contributed by atoms with Crippen molar-refractivity contribution in [2.45, 2.75) is 52.0 Å². The standard InChI is InChI=1S/C18H29NO/c1-14-4-6-17(7-5-14)13-19-15(2)12-16-8-10-18(20-3)11-9-16/h8-11,14-15,17,19H,4-7,12-13H2,1-3H3. The molecule has 0 bridgehead atoms. The average Bonchev–Trinajstić information content (AvgIpc) is 2.47. The van der Waals surface area contributed by atoms with Crippen LogP contribution < -0.4 is 10.1 Å². The quantitative estimate of drug-likeness (QED) is 0.846. The van der Waals surface area contributed by atoms with Crippen molar-refractivity contribution in [3.05, 3.63) is 29.8 Å². The zero-order valence-corrected chi connectivity index (χ0v) is 13.2. The molecule has 2 rings (SSSR count). The molecular weight excluding hydrogens is 246 g/mol. The summed E-state index contributed by atoms with van der Waals surface area (Å²) in [7, 11) is 1.71. The first-order valence-corrected chi connectivity index (χ1v) is 8.03. The topological polar surface area (TPSA) is 21.3 Å². The highest BCUT2D eigenvalue weighted by Gasteiger charge is 2.18. The van der Waals surface area contributed by atoms with E-state index in [1.54, 1.807) is 7.11 Å². The number of benzene rings is 1. The minimum atomic E-state index is 0.544. The molecule has 112 valence electrons. The summed E-state index contributed by atoms with van der Waals surface area (Å²) in [6, 6.07) is 8.97. The van der Waals surface area contributed by atoms with Crippen molar-refractivity contribution in [1.29, 1.82) is 0 Å². The molecule has 2 heteroatoms. The molecule has 0 amide bonds. The van der Waals surface area contributed by atoms with Crippen molar-refractivity contribution in [2.75, 3.05) is 13.7 Å². The summed E-state index contributed by atoms with van der Waals surface area (Å²) < 4.78 is 5.19. The van der Waals surface area contributed by atoms with Crippen molar-refractivity contribution in [3.63, 3.8) is 0 Å². The number of rotatable bonds is 6. The number of methoxy groups -OCH3 is 1. The van der Waals surface area contributed by atoms with Crippen molar-refractivity contribution < 1.29 is 4.74 Å². The smallest absolute Gasteiger partial charge is 0.118 e. The highest BCUT2D eigenvalue weighted by atomic mass is 16.5. The fraction of sp³-hybridized carbons (Fsp3) is 0.667. The van der Waals surface area contributed by atoms with Gasteiger partial charge in [-0.25, -0.2) is 0 Å². The Balaban J connectivity index is 1.70. The molecule has 0 aliphatic heterocycles. The van der Waals surface area contributed by atoms with E-state index in [1.807, 2.05) is 12.1 Å². The van der Waals surface area contributed by atoms with Gasteiger partial charge in [0.15, 0.2) is 0 Å². The largest absolute Gasteiger partial charge is 0.497 e. The van der Waals surface area contributed by atoms with Gasteiger partial charge in [-0.15, -0.1) is 0 Å². The molecule has 1 aromatic carbocycles. The normalized spacial score (nSPS) is 24.4. The van der Waals surface area contributed by atoms with E-state index in [1.165, 1.54) is 37.8 Å². The van der Waals surface area contributed by atoms with Crippen LogP contribution in [0.15, 0.2) is 24.3 Å². The van der Waals surface area contributed by atoms with Crippen LogP contribution in [0.25, 0.3) is 0 Å². The summed E-state index contributed by atoms with van der Waals surface area (Å²) in [5, 5.41) is 3.71. The van der Waals surface area contributed by atoms with Crippen LogP contribution >= 0.6 is 0 Å². The summed E-state index contributed by atoms with van der Waals surface area (Å²) in [6.07, 6.45) is 6.73. The van der Waals surface area contributed by atoms with Gasteiger partial charge in [0.05, 0.1) is 7.11 Å². The third-order valence-electron chi connectivity index (χ3n) is 4.59. The lowest BCUT2D eigenvalue weighted by Gasteiger charge is -2.27. The number of hydrogen-bond donors (Lipinski definition) is 1. The Morgan fingerprint density at radius 2 is 1.80 bits per heavy atom. The van der Waals surface area contributed by atoms with Gasteiger partial charge in [-0.3, -0.25) is 0 Å². The maximum Gasteiger partial charge on any atom is 0.118 e. The second-order valence-electron chi connectivity index (χ2n) is 6.49. The summed E-state index contributed by atoms with van der Waals surface area (Å²) in [4.78, 5) is 0. The van der Waals surface area contributed by atoms with E-state index in [0.29, 0.717) is 6.04 Å². The highest BCUT2D eigenvalue weighted by molar-refractivity contribution is 5.27. The van der Waals surface area contributed by atoms with Gasteiger partial charge in [0.2, 0.25) is 0 Å². The van der Waals surface area contributed by atoms with Crippen LogP contribution in [0, 0.1) is 11.8 Å². The Morgan fingerprint density at radius 3 is 2.40 bits per heavy atom. The lowest BCUT2D eigenvalue weighted by Crippen LogP contribution is -2.34. The van der Waals surface area contributed by atoms with E-state index < -0.39 is 0 Å². The Hall–Kier alpha value is -1.02. The fourth-order valence-electron chi connectivity index (χ4n) is 3.09. The van der Waals surface area contributed by atoms with Crippen LogP contribution in [0.2, 0.25) is 0 Å². The molecular formula is C18H29NO. The SMILES string of the molecule is COc1ccc(CC(C)NCC2CCC(C)CC2)cc1. The second-order valence-corrected chi connectivity index (χ2v) is 6.49. The van der Waals surface area contributed by atoms with Crippen molar-refractivity contribution in [1.82, 2.24) is 5.32 Å². The molecule has 1 atom stereocenters. The molecule has 1 aromatic rings. The molecule has 1 saturated carbocycles. The maximum absolute atomic E-state index is 5.19. The fourth-order valence-corrected chi connectivity index (χ4v) is 3.09. The molecule has 0 spiro atoms. The molecule has 1 N–H and O–H groups in total. The first kappa shape index (κ1) is 15.4. The van der Waals surface area contributed by atoms with Gasteiger partial charge in [0, 0.05) is 6.04 Å². The van der Waals surface area contributed by atoms with Crippen LogP contribution in [0.3, 0.4) is 0 Å². The predicted molar refractivity (Wildman–Crippen MR) is 85.3 cm³/mol. The molecule has 20 heavy (non-hydrogen) atoms. The number of hydrogen-bond acceptors (Lipinski definition) is 2. The summed E-state index contributed by atoms with van der Waals surface area (Å²) in [5.41, 5.74) is 1.38. The third-order valence-corrected chi connectivity index (χ3v) is 4.59. The molecule has 1 aliphatic carbocycles. The van der Waals surface area contributed by atoms with Gasteiger partial charge in [0.25, 0.3) is 0 Å². The van der Waals surface area contributed by atoms with Crippen molar-refractivity contribution in [3.8, 4) is 5.75 Å². The second kappa shape index (κ2) is 7.68. The average molecular weight is 275 g/mol. The minimum absolute atomic E-state index is 0.544. The minimum Gasteiger partial charge on any atom is -0.497 e. The zero-order valence-electron chi connectivity index (χ0n) is 13.2. The Morgan fingerprint density at radius 1 is 1.15 bits per heavy atom. The van der Waals surface area contributed by atoms with E-state index in [-0.39, 0.29) is 0 Å². The monoisotopic (exact) mass is 275 g/mol.